The summed E-state index contributed by atoms with van der Waals surface area (Å²) >= 11 is 0. The van der Waals surface area contributed by atoms with Crippen LogP contribution in [0.5, 0.6) is 0 Å². The minimum Gasteiger partial charge on any atom is -0.318 e. The van der Waals surface area contributed by atoms with Gasteiger partial charge in [0.2, 0.25) is 0 Å². The third kappa shape index (κ3) is 2.69. The van der Waals surface area contributed by atoms with Crippen molar-refractivity contribution in [1.29, 1.82) is 0 Å². The molecule has 0 saturated heterocycles. The predicted octanol–water partition coefficient (Wildman–Crippen LogP) is 3.60. The second-order valence-corrected chi connectivity index (χ2v) is 9.32. The van der Waals surface area contributed by atoms with E-state index in [1.165, 1.54) is 15.9 Å². The van der Waals surface area contributed by atoms with Crippen molar-refractivity contribution in [3.8, 4) is 0 Å². The summed E-state index contributed by atoms with van der Waals surface area (Å²) in [6.07, 6.45) is 0. The lowest BCUT2D eigenvalue weighted by atomic mass is 10.4. The average molecular weight is 344 g/mol. The van der Waals surface area contributed by atoms with E-state index in [0.29, 0.717) is 0 Å². The third-order valence-electron chi connectivity index (χ3n) is 4.38. The molecular weight excluding hydrogens is 325 g/mol. The minimum atomic E-state index is -2.11. The van der Waals surface area contributed by atoms with Gasteiger partial charge in [-0.25, -0.2) is 0 Å². The zero-order valence-electron chi connectivity index (χ0n) is 14.0. The molecule has 4 rings (SSSR count). The quantitative estimate of drug-likeness (QED) is 0.529. The summed E-state index contributed by atoms with van der Waals surface area (Å²) in [5.74, 6) is 0. The van der Waals surface area contributed by atoms with Crippen LogP contribution < -0.4 is 21.4 Å². The van der Waals surface area contributed by atoms with Crippen LogP contribution in [0, 0.1) is 6.92 Å². The lowest BCUT2D eigenvalue weighted by molar-refractivity contribution is 0.441. The maximum Gasteiger partial charge on any atom is 0.288 e. The molecule has 0 spiro atoms. The van der Waals surface area contributed by atoms with Crippen molar-refractivity contribution < 1.29 is 4.52 Å². The Bertz CT molecular complexity index is 852. The SMILES string of the molecule is Cc1cc([P+](c2ccccc2)(c2ccccc2)c2ccccc2)on1. The molecule has 0 amide bonds. The van der Waals surface area contributed by atoms with E-state index in [-0.39, 0.29) is 0 Å². The number of nitrogens with zero attached hydrogens (tertiary/aromatic N) is 1. The van der Waals surface area contributed by atoms with Crippen LogP contribution in [-0.2, 0) is 0 Å². The second kappa shape index (κ2) is 6.66. The molecule has 25 heavy (non-hydrogen) atoms. The molecule has 0 saturated carbocycles. The smallest absolute Gasteiger partial charge is 0.288 e. The molecule has 0 atom stereocenters. The standard InChI is InChI=1S/C22H19NOP/c1-18-17-22(24-23-18)25(19-11-5-2-6-12-19,20-13-7-3-8-14-20)21-15-9-4-10-16-21/h2-17H,1H3/q+1. The van der Waals surface area contributed by atoms with E-state index in [2.05, 4.69) is 102 Å². The molecule has 0 fully saturated rings. The summed E-state index contributed by atoms with van der Waals surface area (Å²) in [7, 11) is -2.11. The van der Waals surface area contributed by atoms with Crippen molar-refractivity contribution in [1.82, 2.24) is 5.16 Å². The first-order chi connectivity index (χ1) is 12.3. The Hall–Kier alpha value is -2.70. The summed E-state index contributed by atoms with van der Waals surface area (Å²) < 4.78 is 5.89. The van der Waals surface area contributed by atoms with Gasteiger partial charge in [0.25, 0.3) is 5.50 Å². The number of hydrogen-bond donors (Lipinski definition) is 0. The maximum atomic E-state index is 5.89. The third-order valence-corrected chi connectivity index (χ3v) is 8.47. The molecule has 0 aliphatic heterocycles. The molecule has 4 aromatic rings. The van der Waals surface area contributed by atoms with Gasteiger partial charge in [0.05, 0.1) is 5.69 Å². The zero-order chi connectivity index (χ0) is 17.1. The fraction of sp³-hybridized carbons (Fsp3) is 0.0455. The van der Waals surface area contributed by atoms with E-state index in [9.17, 15) is 0 Å². The number of aryl methyl sites for hydroxylation is 1. The van der Waals surface area contributed by atoms with Crippen molar-refractivity contribution in [2.24, 2.45) is 0 Å². The largest absolute Gasteiger partial charge is 0.318 e. The molecule has 3 aromatic carbocycles. The van der Waals surface area contributed by atoms with Crippen LogP contribution >= 0.6 is 7.26 Å². The Morgan fingerprint density at radius 2 is 1.04 bits per heavy atom. The molecule has 2 nitrogen and oxygen atoms in total. The summed E-state index contributed by atoms with van der Waals surface area (Å²) in [6, 6.07) is 34.0. The molecule has 1 aromatic heterocycles. The van der Waals surface area contributed by atoms with Crippen molar-refractivity contribution in [3.05, 3.63) is 103 Å². The lowest BCUT2D eigenvalue weighted by Crippen LogP contribution is -2.38. The van der Waals surface area contributed by atoms with Crippen LogP contribution in [0.1, 0.15) is 5.69 Å². The van der Waals surface area contributed by atoms with Crippen LogP contribution in [0.2, 0.25) is 0 Å². The van der Waals surface area contributed by atoms with Crippen LogP contribution in [-0.4, -0.2) is 5.16 Å². The van der Waals surface area contributed by atoms with Gasteiger partial charge in [-0.15, -0.1) is 0 Å². The van der Waals surface area contributed by atoms with Gasteiger partial charge in [-0.05, 0) is 43.3 Å². The van der Waals surface area contributed by atoms with Crippen molar-refractivity contribution in [2.45, 2.75) is 6.92 Å². The van der Waals surface area contributed by atoms with Gasteiger partial charge in [0, 0.05) is 6.07 Å². The highest BCUT2D eigenvalue weighted by Crippen LogP contribution is 2.54. The Kier molecular flexibility index (Phi) is 4.21. The highest BCUT2D eigenvalue weighted by atomic mass is 31.2. The van der Waals surface area contributed by atoms with Crippen molar-refractivity contribution in [3.63, 3.8) is 0 Å². The van der Waals surface area contributed by atoms with Gasteiger partial charge >= 0.3 is 0 Å². The van der Waals surface area contributed by atoms with Gasteiger partial charge in [-0.2, -0.15) is 0 Å². The second-order valence-electron chi connectivity index (χ2n) is 5.98. The highest BCUT2D eigenvalue weighted by molar-refractivity contribution is 8.01. The minimum absolute atomic E-state index is 0.905. The van der Waals surface area contributed by atoms with Gasteiger partial charge in [-0.3, -0.25) is 0 Å². The summed E-state index contributed by atoms with van der Waals surface area (Å²) in [5, 5.41) is 8.01. The maximum absolute atomic E-state index is 5.89. The summed E-state index contributed by atoms with van der Waals surface area (Å²) in [5.41, 5.74) is 1.84. The molecule has 0 radical (unpaired) electrons. The first-order valence-electron chi connectivity index (χ1n) is 8.31. The van der Waals surface area contributed by atoms with Crippen LogP contribution in [0.15, 0.2) is 102 Å². The van der Waals surface area contributed by atoms with Crippen LogP contribution in [0.4, 0.5) is 0 Å². The van der Waals surface area contributed by atoms with E-state index in [1.807, 2.05) is 6.92 Å². The van der Waals surface area contributed by atoms with E-state index < -0.39 is 7.26 Å². The number of rotatable bonds is 4. The van der Waals surface area contributed by atoms with E-state index in [1.54, 1.807) is 0 Å². The number of benzene rings is 3. The van der Waals surface area contributed by atoms with Gasteiger partial charge in [0.1, 0.15) is 15.9 Å². The van der Waals surface area contributed by atoms with Crippen LogP contribution in [0.3, 0.4) is 0 Å². The fourth-order valence-electron chi connectivity index (χ4n) is 3.29. The van der Waals surface area contributed by atoms with E-state index >= 15 is 0 Å². The summed E-state index contributed by atoms with van der Waals surface area (Å²) in [6.45, 7) is 1.97. The summed E-state index contributed by atoms with van der Waals surface area (Å²) in [4.78, 5) is 0. The molecule has 0 aliphatic carbocycles. The Balaban J connectivity index is 2.12. The Morgan fingerprint density at radius 1 is 0.640 bits per heavy atom. The molecule has 0 unspecified atom stereocenters. The molecule has 0 N–H and O–H groups in total. The first-order valence-corrected chi connectivity index (χ1v) is 10.1. The average Bonchev–Trinajstić information content (AvgIpc) is 3.12. The van der Waals surface area contributed by atoms with Crippen LogP contribution in [0.25, 0.3) is 0 Å². The molecule has 0 bridgehead atoms. The predicted molar refractivity (Wildman–Crippen MR) is 106 cm³/mol. The number of aromatic nitrogens is 1. The first kappa shape index (κ1) is 15.8. The van der Waals surface area contributed by atoms with Crippen molar-refractivity contribution in [2.75, 3.05) is 0 Å². The van der Waals surface area contributed by atoms with Gasteiger partial charge < -0.3 is 4.52 Å². The fourth-order valence-corrected chi connectivity index (χ4v) is 7.35. The van der Waals surface area contributed by atoms with E-state index in [4.69, 9.17) is 4.52 Å². The zero-order valence-corrected chi connectivity index (χ0v) is 14.9. The number of hydrogen-bond acceptors (Lipinski definition) is 2. The lowest BCUT2D eigenvalue weighted by Gasteiger charge is -2.24. The molecule has 3 heteroatoms. The Morgan fingerprint density at radius 3 is 1.36 bits per heavy atom. The monoisotopic (exact) mass is 344 g/mol. The van der Waals surface area contributed by atoms with E-state index in [0.717, 1.165) is 11.2 Å². The Labute approximate surface area is 148 Å². The highest BCUT2D eigenvalue weighted by Gasteiger charge is 2.51. The topological polar surface area (TPSA) is 26.0 Å². The normalized spacial score (nSPS) is 11.4. The molecule has 122 valence electrons. The van der Waals surface area contributed by atoms with Gasteiger partial charge in [0.15, 0.2) is 7.26 Å². The van der Waals surface area contributed by atoms with Crippen molar-refractivity contribution >= 4 is 28.7 Å². The molecule has 0 aliphatic rings. The molecule has 1 heterocycles. The van der Waals surface area contributed by atoms with Gasteiger partial charge in [-0.1, -0.05) is 59.8 Å². The molecular formula is C22H19NOP+.